The van der Waals surface area contributed by atoms with Crippen molar-refractivity contribution >= 4 is 28.5 Å². The summed E-state index contributed by atoms with van der Waals surface area (Å²) < 4.78 is 7.72. The van der Waals surface area contributed by atoms with Crippen molar-refractivity contribution in [1.82, 2.24) is 9.55 Å². The number of rotatable bonds is 3. The Balaban J connectivity index is 1.55. The Morgan fingerprint density at radius 1 is 1.03 bits per heavy atom. The molecule has 1 unspecified atom stereocenters. The third kappa shape index (κ3) is 3.20. The number of benzene rings is 3. The number of anilines is 1. The fourth-order valence-electron chi connectivity index (χ4n) is 3.97. The van der Waals surface area contributed by atoms with Gasteiger partial charge in [-0.2, -0.15) is 0 Å². The fraction of sp³-hybridized carbons (Fsp3) is 0.125. The van der Waals surface area contributed by atoms with E-state index in [0.717, 1.165) is 22.5 Å². The number of ether oxygens (including phenoxy) is 1. The molecule has 1 aromatic heterocycles. The number of nitrogens with two attached hydrogens (primary N) is 1. The molecule has 2 N–H and O–H groups in total. The summed E-state index contributed by atoms with van der Waals surface area (Å²) in [5, 5.41) is 0. The molecule has 7 heteroatoms. The highest BCUT2D eigenvalue weighted by Crippen LogP contribution is 2.34. The molecule has 7 nitrogen and oxygen atoms in total. The minimum atomic E-state index is -0.901. The van der Waals surface area contributed by atoms with E-state index >= 15 is 0 Å². The zero-order chi connectivity index (χ0) is 21.5. The molecule has 0 spiro atoms. The maximum Gasteiger partial charge on any atom is 0.260 e. The first-order valence-electron chi connectivity index (χ1n) is 9.94. The van der Waals surface area contributed by atoms with Crippen LogP contribution in [-0.4, -0.2) is 34.0 Å². The van der Waals surface area contributed by atoms with Gasteiger partial charge in [-0.15, -0.1) is 0 Å². The summed E-state index contributed by atoms with van der Waals surface area (Å²) in [5.74, 6) is 0.434. The van der Waals surface area contributed by atoms with Gasteiger partial charge in [0.2, 0.25) is 0 Å². The van der Waals surface area contributed by atoms with Gasteiger partial charge in [-0.1, -0.05) is 30.3 Å². The number of carbonyl (C=O) groups is 2. The first kappa shape index (κ1) is 18.9. The number of para-hydroxylation sites is 3. The van der Waals surface area contributed by atoms with Crippen LogP contribution in [0.1, 0.15) is 16.2 Å². The van der Waals surface area contributed by atoms with Crippen molar-refractivity contribution in [2.45, 2.75) is 13.0 Å². The maximum atomic E-state index is 13.4. The van der Waals surface area contributed by atoms with Gasteiger partial charge in [-0.25, -0.2) is 4.98 Å². The highest BCUT2D eigenvalue weighted by atomic mass is 16.5. The highest BCUT2D eigenvalue weighted by Gasteiger charge is 2.33. The topological polar surface area (TPSA) is 90.4 Å². The summed E-state index contributed by atoms with van der Waals surface area (Å²) in [4.78, 5) is 31.4. The normalized spacial score (nSPS) is 15.4. The van der Waals surface area contributed by atoms with Crippen LogP contribution >= 0.6 is 0 Å². The molecule has 0 radical (unpaired) electrons. The maximum absolute atomic E-state index is 13.4. The number of nitrogens with zero attached hydrogens (tertiary/aromatic N) is 3. The standard InChI is InChI=1S/C24H20N4O3/c1-15-26-18-13-16(11-12-19(18)28(15)17-7-3-2-4-8-17)24(30)27-14-22(23(25)29)31-21-10-6-5-9-20(21)27/h2-13,22H,14H2,1H3,(H2,25,29). The third-order valence-corrected chi connectivity index (χ3v) is 5.42. The van der Waals surface area contributed by atoms with Gasteiger partial charge in [-0.05, 0) is 49.4 Å². The third-order valence-electron chi connectivity index (χ3n) is 5.42. The molecule has 5 rings (SSSR count). The molecule has 0 fully saturated rings. The summed E-state index contributed by atoms with van der Waals surface area (Å²) in [6.45, 7) is 1.99. The number of hydrogen-bond donors (Lipinski definition) is 1. The smallest absolute Gasteiger partial charge is 0.260 e. The largest absolute Gasteiger partial charge is 0.477 e. The Labute approximate surface area is 178 Å². The van der Waals surface area contributed by atoms with E-state index in [1.165, 1.54) is 4.90 Å². The van der Waals surface area contributed by atoms with Crippen molar-refractivity contribution in [3.05, 3.63) is 84.2 Å². The minimum Gasteiger partial charge on any atom is -0.477 e. The number of hydrogen-bond acceptors (Lipinski definition) is 4. The lowest BCUT2D eigenvalue weighted by Gasteiger charge is -2.33. The number of imidazole rings is 1. The Morgan fingerprint density at radius 3 is 2.55 bits per heavy atom. The lowest BCUT2D eigenvalue weighted by molar-refractivity contribution is -0.124. The Bertz CT molecular complexity index is 1310. The second kappa shape index (κ2) is 7.28. The zero-order valence-electron chi connectivity index (χ0n) is 16.9. The molecule has 2 heterocycles. The van der Waals surface area contributed by atoms with E-state index in [4.69, 9.17) is 10.5 Å². The van der Waals surface area contributed by atoms with Crippen LogP contribution in [0, 0.1) is 6.92 Å². The molecule has 154 valence electrons. The van der Waals surface area contributed by atoms with E-state index in [2.05, 4.69) is 9.55 Å². The Morgan fingerprint density at radius 2 is 1.77 bits per heavy atom. The van der Waals surface area contributed by atoms with Gasteiger partial charge in [-0.3, -0.25) is 14.2 Å². The van der Waals surface area contributed by atoms with E-state index in [0.29, 0.717) is 17.0 Å². The van der Waals surface area contributed by atoms with Crippen LogP contribution in [0.5, 0.6) is 5.75 Å². The first-order valence-corrected chi connectivity index (χ1v) is 9.94. The second-order valence-corrected chi connectivity index (χ2v) is 7.43. The van der Waals surface area contributed by atoms with E-state index in [1.807, 2.05) is 49.4 Å². The molecular weight excluding hydrogens is 392 g/mol. The molecule has 0 saturated carbocycles. The van der Waals surface area contributed by atoms with Crippen LogP contribution in [0.15, 0.2) is 72.8 Å². The van der Waals surface area contributed by atoms with Gasteiger partial charge in [0, 0.05) is 11.3 Å². The molecule has 1 aliphatic rings. The molecule has 31 heavy (non-hydrogen) atoms. The fourth-order valence-corrected chi connectivity index (χ4v) is 3.97. The van der Waals surface area contributed by atoms with Crippen LogP contribution in [-0.2, 0) is 4.79 Å². The SMILES string of the molecule is Cc1nc2cc(C(=O)N3CC(C(N)=O)Oc4ccccc43)ccc2n1-c1ccccc1. The lowest BCUT2D eigenvalue weighted by Crippen LogP contribution is -2.49. The van der Waals surface area contributed by atoms with Gasteiger partial charge in [0.15, 0.2) is 6.10 Å². The zero-order valence-corrected chi connectivity index (χ0v) is 16.9. The molecular formula is C24H20N4O3. The molecule has 0 aliphatic carbocycles. The van der Waals surface area contributed by atoms with E-state index in [-0.39, 0.29) is 12.5 Å². The van der Waals surface area contributed by atoms with Gasteiger partial charge in [0.25, 0.3) is 11.8 Å². The van der Waals surface area contributed by atoms with Crippen LogP contribution in [0.4, 0.5) is 5.69 Å². The van der Waals surface area contributed by atoms with Crippen molar-refractivity contribution in [1.29, 1.82) is 0 Å². The number of primary amides is 1. The van der Waals surface area contributed by atoms with Gasteiger partial charge in [0.1, 0.15) is 11.6 Å². The van der Waals surface area contributed by atoms with Crippen molar-refractivity contribution in [2.75, 3.05) is 11.4 Å². The van der Waals surface area contributed by atoms with E-state index in [1.54, 1.807) is 30.3 Å². The molecule has 1 atom stereocenters. The van der Waals surface area contributed by atoms with Crippen molar-refractivity contribution in [3.63, 3.8) is 0 Å². The highest BCUT2D eigenvalue weighted by molar-refractivity contribution is 6.09. The first-order chi connectivity index (χ1) is 15.0. The number of carbonyl (C=O) groups excluding carboxylic acids is 2. The average molecular weight is 412 g/mol. The minimum absolute atomic E-state index is 0.0563. The van der Waals surface area contributed by atoms with Gasteiger partial charge in [0.05, 0.1) is 23.3 Å². The van der Waals surface area contributed by atoms with Crippen molar-refractivity contribution in [3.8, 4) is 11.4 Å². The van der Waals surface area contributed by atoms with Gasteiger partial charge >= 0.3 is 0 Å². The number of aromatic nitrogens is 2. The molecule has 0 bridgehead atoms. The monoisotopic (exact) mass is 412 g/mol. The summed E-state index contributed by atoms with van der Waals surface area (Å²) in [6.07, 6.45) is -0.901. The summed E-state index contributed by atoms with van der Waals surface area (Å²) in [7, 11) is 0. The summed E-state index contributed by atoms with van der Waals surface area (Å²) >= 11 is 0. The molecule has 2 amide bonds. The van der Waals surface area contributed by atoms with Crippen molar-refractivity contribution in [2.24, 2.45) is 5.73 Å². The van der Waals surface area contributed by atoms with Crippen molar-refractivity contribution < 1.29 is 14.3 Å². The predicted octanol–water partition coefficient (Wildman–Crippen LogP) is 3.23. The molecule has 3 aromatic carbocycles. The quantitative estimate of drug-likeness (QED) is 0.559. The number of fused-ring (bicyclic) bond motifs is 2. The van der Waals surface area contributed by atoms with Crippen LogP contribution in [0.3, 0.4) is 0 Å². The number of aryl methyl sites for hydroxylation is 1. The predicted molar refractivity (Wildman–Crippen MR) is 118 cm³/mol. The Kier molecular flexibility index (Phi) is 4.43. The van der Waals surface area contributed by atoms with E-state index in [9.17, 15) is 9.59 Å². The summed E-state index contributed by atoms with van der Waals surface area (Å²) in [5.41, 5.74) is 9.19. The average Bonchev–Trinajstić information content (AvgIpc) is 3.13. The second-order valence-electron chi connectivity index (χ2n) is 7.43. The van der Waals surface area contributed by atoms with Crippen LogP contribution < -0.4 is 15.4 Å². The van der Waals surface area contributed by atoms with Crippen LogP contribution in [0.2, 0.25) is 0 Å². The van der Waals surface area contributed by atoms with Gasteiger partial charge < -0.3 is 15.4 Å². The van der Waals surface area contributed by atoms with Crippen LogP contribution in [0.25, 0.3) is 16.7 Å². The number of amides is 2. The molecule has 1 aliphatic heterocycles. The Hall–Kier alpha value is -4.13. The molecule has 4 aromatic rings. The van der Waals surface area contributed by atoms with E-state index < -0.39 is 12.0 Å². The summed E-state index contributed by atoms with van der Waals surface area (Å²) in [6, 6.07) is 22.5. The lowest BCUT2D eigenvalue weighted by atomic mass is 10.1. The molecule has 0 saturated heterocycles.